The molecule has 0 N–H and O–H groups in total. The maximum absolute atomic E-state index is 6.22. The minimum absolute atomic E-state index is 0.568. The van der Waals surface area contributed by atoms with E-state index in [2.05, 4.69) is 32.7 Å². The van der Waals surface area contributed by atoms with Gasteiger partial charge in [-0.3, -0.25) is 0 Å². The van der Waals surface area contributed by atoms with Gasteiger partial charge in [-0.05, 0) is 6.55 Å². The zero-order valence-electron chi connectivity index (χ0n) is 7.33. The second-order valence-electron chi connectivity index (χ2n) is 3.76. The van der Waals surface area contributed by atoms with E-state index in [9.17, 15) is 0 Å². The van der Waals surface area contributed by atoms with Crippen LogP contribution in [0.15, 0.2) is 0 Å². The standard InChI is InChI=1S/C5H16Cl2Si3/c1-8(2)9(3,4)10(5,6)7/h8H,1-5H3. The molecule has 62 valence electrons. The van der Waals surface area contributed by atoms with Crippen LogP contribution in [-0.2, 0) is 0 Å². The maximum atomic E-state index is 6.22. The van der Waals surface area contributed by atoms with Crippen LogP contribution < -0.4 is 0 Å². The van der Waals surface area contributed by atoms with Gasteiger partial charge in [0, 0.05) is 8.31 Å². The molecule has 0 heterocycles. The number of rotatable bonds is 2. The molecule has 0 rings (SSSR count). The first-order valence-corrected chi connectivity index (χ1v) is 16.2. The summed E-state index contributed by atoms with van der Waals surface area (Å²) >= 11 is 12.4. The predicted molar refractivity (Wildman–Crippen MR) is 59.7 cm³/mol. The van der Waals surface area contributed by atoms with E-state index >= 15 is 0 Å². The van der Waals surface area contributed by atoms with Crippen molar-refractivity contribution in [3.05, 3.63) is 0 Å². The molecule has 0 radical (unpaired) electrons. The SMILES string of the molecule is C[SiH](C)[Si](C)(C)[Si](C)(Cl)Cl. The zero-order valence-corrected chi connectivity index (χ0v) is 12.0. The summed E-state index contributed by atoms with van der Waals surface area (Å²) in [6.07, 6.45) is -1.80. The molecule has 0 fully saturated rings. The molecule has 0 unspecified atom stereocenters. The average Bonchev–Trinajstić information content (AvgIpc) is 1.62. The quantitative estimate of drug-likeness (QED) is 0.506. The van der Waals surface area contributed by atoms with Crippen LogP contribution in [0.3, 0.4) is 0 Å². The Kier molecular flexibility index (Phi) is 3.72. The highest BCUT2D eigenvalue weighted by Crippen LogP contribution is 2.28. The zero-order chi connectivity index (χ0) is 8.58. The van der Waals surface area contributed by atoms with Crippen molar-refractivity contribution in [1.82, 2.24) is 0 Å². The highest BCUT2D eigenvalue weighted by atomic mass is 35.7. The van der Waals surface area contributed by atoms with Gasteiger partial charge in [0.15, 0.2) is 0 Å². The smallest absolute Gasteiger partial charge is 0.150 e. The molecule has 0 atom stereocenters. The fourth-order valence-corrected chi connectivity index (χ4v) is 25.5. The summed E-state index contributed by atoms with van der Waals surface area (Å²) < 4.78 is 0. The lowest BCUT2D eigenvalue weighted by Gasteiger charge is -2.33. The Morgan fingerprint density at radius 3 is 1.30 bits per heavy atom. The molecule has 0 aromatic rings. The third-order valence-electron chi connectivity index (χ3n) is 2.57. The molecule has 0 aliphatic rings. The van der Waals surface area contributed by atoms with E-state index in [0.717, 1.165) is 0 Å². The summed E-state index contributed by atoms with van der Waals surface area (Å²) in [6.45, 7) is 11.5. The molecule has 0 amide bonds. The van der Waals surface area contributed by atoms with E-state index in [0.29, 0.717) is 0 Å². The fourth-order valence-electron chi connectivity index (χ4n) is 0.507. The Morgan fingerprint density at radius 2 is 1.30 bits per heavy atom. The van der Waals surface area contributed by atoms with Gasteiger partial charge < -0.3 is 0 Å². The molecule has 0 bridgehead atoms. The van der Waals surface area contributed by atoms with Crippen molar-refractivity contribution in [3.63, 3.8) is 0 Å². The van der Waals surface area contributed by atoms with E-state index in [4.69, 9.17) is 22.2 Å². The van der Waals surface area contributed by atoms with Gasteiger partial charge in [-0.15, -0.1) is 0 Å². The first-order valence-electron chi connectivity index (χ1n) is 3.57. The van der Waals surface area contributed by atoms with Gasteiger partial charge in [0.25, 0.3) is 0 Å². The van der Waals surface area contributed by atoms with Crippen LogP contribution in [-0.4, -0.2) is 21.6 Å². The van der Waals surface area contributed by atoms with Gasteiger partial charge in [0.05, 0.1) is 7.11 Å². The molecule has 0 saturated carbocycles. The lowest BCUT2D eigenvalue weighted by atomic mass is 11.9. The van der Waals surface area contributed by atoms with Crippen LogP contribution >= 0.6 is 22.2 Å². The molecule has 0 aliphatic carbocycles. The largest absolute Gasteiger partial charge is 0.232 e. The molecule has 0 spiro atoms. The van der Waals surface area contributed by atoms with Gasteiger partial charge in [-0.25, -0.2) is 0 Å². The molecule has 0 nitrogen and oxygen atoms in total. The molecule has 0 saturated heterocycles. The Hall–Kier alpha value is 1.23. The minimum Gasteiger partial charge on any atom is -0.150 e. The van der Waals surface area contributed by atoms with Crippen LogP contribution in [0.5, 0.6) is 0 Å². The topological polar surface area (TPSA) is 0 Å². The summed E-state index contributed by atoms with van der Waals surface area (Å²) in [5.74, 6) is 0. The first kappa shape index (κ1) is 11.2. The Labute approximate surface area is 76.5 Å². The second kappa shape index (κ2) is 3.31. The van der Waals surface area contributed by atoms with Gasteiger partial charge in [0.1, 0.15) is 0 Å². The maximum Gasteiger partial charge on any atom is 0.232 e. The van der Waals surface area contributed by atoms with Gasteiger partial charge in [0.2, 0.25) is 6.21 Å². The second-order valence-corrected chi connectivity index (χ2v) is 34.7. The Morgan fingerprint density at radius 1 is 1.00 bits per heavy atom. The summed E-state index contributed by atoms with van der Waals surface area (Å²) in [5.41, 5.74) is 0. The molecule has 0 aromatic heterocycles. The lowest BCUT2D eigenvalue weighted by Crippen LogP contribution is -2.58. The highest BCUT2D eigenvalue weighted by Gasteiger charge is 2.45. The van der Waals surface area contributed by atoms with Crippen LogP contribution in [0.4, 0.5) is 0 Å². The van der Waals surface area contributed by atoms with E-state index < -0.39 is 21.6 Å². The van der Waals surface area contributed by atoms with Crippen LogP contribution in [0.2, 0.25) is 32.7 Å². The molecular weight excluding hydrogens is 215 g/mol. The molecule has 10 heavy (non-hydrogen) atoms. The van der Waals surface area contributed by atoms with Crippen molar-refractivity contribution in [2.45, 2.75) is 32.7 Å². The summed E-state index contributed by atoms with van der Waals surface area (Å²) in [7, 11) is -1.74. The fraction of sp³-hybridized carbons (Fsp3) is 1.00. The number of hydrogen-bond acceptors (Lipinski definition) is 0. The van der Waals surface area contributed by atoms with Crippen molar-refractivity contribution < 1.29 is 0 Å². The molecule has 5 heteroatoms. The lowest BCUT2D eigenvalue weighted by molar-refractivity contribution is 1.91. The van der Waals surface area contributed by atoms with E-state index in [1.54, 1.807) is 0 Å². The van der Waals surface area contributed by atoms with E-state index in [1.165, 1.54) is 0 Å². The van der Waals surface area contributed by atoms with Crippen molar-refractivity contribution in [2.24, 2.45) is 0 Å². The number of halogens is 2. The Balaban J connectivity index is 4.40. The first-order chi connectivity index (χ1) is 4.19. The molecular formula is C5H16Cl2Si3. The van der Waals surface area contributed by atoms with Crippen molar-refractivity contribution in [3.8, 4) is 0 Å². The third-order valence-corrected chi connectivity index (χ3v) is 45.6. The van der Waals surface area contributed by atoms with Crippen LogP contribution in [0, 0.1) is 0 Å². The summed E-state index contributed by atoms with van der Waals surface area (Å²) in [5, 5.41) is 0. The monoisotopic (exact) mass is 230 g/mol. The number of hydrogen-bond donors (Lipinski definition) is 0. The van der Waals surface area contributed by atoms with E-state index in [1.807, 2.05) is 0 Å². The predicted octanol–water partition coefficient (Wildman–Crippen LogP) is 2.89. The summed E-state index contributed by atoms with van der Waals surface area (Å²) in [6, 6.07) is 0. The van der Waals surface area contributed by atoms with Crippen molar-refractivity contribution >= 4 is 43.8 Å². The van der Waals surface area contributed by atoms with Crippen LogP contribution in [0.1, 0.15) is 0 Å². The Bertz CT molecular complexity index is 117. The highest BCUT2D eigenvalue weighted by molar-refractivity contribution is 7.85. The van der Waals surface area contributed by atoms with Crippen LogP contribution in [0.25, 0.3) is 0 Å². The average molecular weight is 231 g/mol. The van der Waals surface area contributed by atoms with Gasteiger partial charge in [-0.2, -0.15) is 22.2 Å². The van der Waals surface area contributed by atoms with Crippen molar-refractivity contribution in [2.75, 3.05) is 0 Å². The molecule has 0 aliphatic heterocycles. The summed E-state index contributed by atoms with van der Waals surface area (Å²) in [4.78, 5) is 0. The third kappa shape index (κ3) is 2.37. The minimum atomic E-state index is -1.80. The van der Waals surface area contributed by atoms with Gasteiger partial charge in [-0.1, -0.05) is 26.2 Å². The van der Waals surface area contributed by atoms with Gasteiger partial charge >= 0.3 is 0 Å². The molecule has 0 aromatic carbocycles. The van der Waals surface area contributed by atoms with E-state index in [-0.39, 0.29) is 0 Å². The normalized spacial score (nSPS) is 14.4. The van der Waals surface area contributed by atoms with Crippen molar-refractivity contribution in [1.29, 1.82) is 0 Å².